The van der Waals surface area contributed by atoms with Crippen molar-refractivity contribution in [2.24, 2.45) is 0 Å². The molecule has 3 atom stereocenters. The summed E-state index contributed by atoms with van der Waals surface area (Å²) < 4.78 is 0.893. The lowest BCUT2D eigenvalue weighted by atomic mass is 10.1. The Morgan fingerprint density at radius 3 is 2.17 bits per heavy atom. The topological polar surface area (TPSA) is 89.9 Å². The van der Waals surface area contributed by atoms with Gasteiger partial charge in [-0.1, -0.05) is 51.3 Å². The number of aliphatic hydroxyl groups is 2. The van der Waals surface area contributed by atoms with Crippen molar-refractivity contribution in [3.63, 3.8) is 0 Å². The zero-order valence-corrected chi connectivity index (χ0v) is 18.9. The van der Waals surface area contributed by atoms with Crippen LogP contribution >= 0.6 is 39.1 Å². The Kier molecular flexibility index (Phi) is 8.48. The van der Waals surface area contributed by atoms with Crippen molar-refractivity contribution in [3.05, 3.63) is 68.1 Å². The van der Waals surface area contributed by atoms with E-state index in [4.69, 9.17) is 23.2 Å². The molecule has 0 fully saturated rings. The van der Waals surface area contributed by atoms with E-state index >= 15 is 0 Å². The third kappa shape index (κ3) is 6.69. The molecule has 2 amide bonds. The Hall–Kier alpha value is -1.64. The Labute approximate surface area is 187 Å². The molecular formula is C20H21BrCl2N2O4. The van der Waals surface area contributed by atoms with Crippen LogP contribution < -0.4 is 5.32 Å². The molecule has 3 N–H and O–H groups in total. The number of rotatable bonds is 7. The van der Waals surface area contributed by atoms with Crippen molar-refractivity contribution in [1.29, 1.82) is 0 Å². The lowest BCUT2D eigenvalue weighted by Gasteiger charge is -2.24. The summed E-state index contributed by atoms with van der Waals surface area (Å²) in [6, 6.07) is 11.7. The number of amides is 2. The molecule has 2 rings (SSSR count). The largest absolute Gasteiger partial charge is 0.380 e. The third-order valence-corrected chi connectivity index (χ3v) is 5.23. The van der Waals surface area contributed by atoms with Crippen molar-refractivity contribution in [1.82, 2.24) is 10.2 Å². The van der Waals surface area contributed by atoms with Gasteiger partial charge in [0.05, 0.1) is 6.04 Å². The highest BCUT2D eigenvalue weighted by Gasteiger charge is 2.33. The SMILES string of the molecule is C[C@H](NC(=O)[C@H](O)[C@@H](O)C(=O)N(C)Cc1cc(Cl)cc(Cl)c1)c1ccc(Br)cc1. The molecular weight excluding hydrogens is 483 g/mol. The predicted octanol–water partition coefficient (Wildman–Crippen LogP) is 3.31. The van der Waals surface area contributed by atoms with E-state index in [-0.39, 0.29) is 6.54 Å². The number of carbonyl (C=O) groups excluding carboxylic acids is 2. The summed E-state index contributed by atoms with van der Waals surface area (Å²) in [6.45, 7) is 1.83. The van der Waals surface area contributed by atoms with Crippen LogP contribution in [-0.4, -0.2) is 46.2 Å². The summed E-state index contributed by atoms with van der Waals surface area (Å²) >= 11 is 15.2. The van der Waals surface area contributed by atoms with Gasteiger partial charge in [0.1, 0.15) is 0 Å². The second-order valence-corrected chi connectivity index (χ2v) is 8.43. The summed E-state index contributed by atoms with van der Waals surface area (Å²) in [5.74, 6) is -1.65. The fourth-order valence-corrected chi connectivity index (χ4v) is 3.53. The highest BCUT2D eigenvalue weighted by atomic mass is 79.9. The smallest absolute Gasteiger partial charge is 0.254 e. The van der Waals surface area contributed by atoms with E-state index < -0.39 is 30.1 Å². The summed E-state index contributed by atoms with van der Waals surface area (Å²) in [6.07, 6.45) is -3.82. The minimum absolute atomic E-state index is 0.0970. The lowest BCUT2D eigenvalue weighted by molar-refractivity contribution is -0.152. The number of halogens is 3. The van der Waals surface area contributed by atoms with Crippen LogP contribution in [0.25, 0.3) is 0 Å². The molecule has 29 heavy (non-hydrogen) atoms. The van der Waals surface area contributed by atoms with E-state index in [0.29, 0.717) is 15.6 Å². The van der Waals surface area contributed by atoms with Crippen LogP contribution in [0.15, 0.2) is 46.9 Å². The minimum atomic E-state index is -1.91. The van der Waals surface area contributed by atoms with Gasteiger partial charge >= 0.3 is 0 Å². The van der Waals surface area contributed by atoms with Gasteiger partial charge in [-0.3, -0.25) is 9.59 Å². The zero-order chi connectivity index (χ0) is 21.7. The molecule has 0 saturated heterocycles. The number of likely N-dealkylation sites (N-methyl/N-ethyl adjacent to an activating group) is 1. The van der Waals surface area contributed by atoms with Crippen LogP contribution in [0, 0.1) is 0 Å². The first-order valence-electron chi connectivity index (χ1n) is 8.70. The second-order valence-electron chi connectivity index (χ2n) is 6.64. The molecule has 0 bridgehead atoms. The molecule has 9 heteroatoms. The van der Waals surface area contributed by atoms with Gasteiger partial charge in [-0.05, 0) is 48.4 Å². The fourth-order valence-electron chi connectivity index (χ4n) is 2.69. The standard InChI is InChI=1S/C20H21BrCl2N2O4/c1-11(13-3-5-14(21)6-4-13)24-19(28)17(26)18(27)20(29)25(2)10-12-7-15(22)9-16(23)8-12/h3-9,11,17-18,26-27H,10H2,1-2H3,(H,24,28)/t11-,17+,18+/m0/s1. The summed E-state index contributed by atoms with van der Waals surface area (Å²) in [7, 11) is 1.44. The number of hydrogen-bond acceptors (Lipinski definition) is 4. The quantitative estimate of drug-likeness (QED) is 0.540. The molecule has 0 aliphatic rings. The number of hydrogen-bond donors (Lipinski definition) is 3. The molecule has 0 aromatic heterocycles. The Morgan fingerprint density at radius 2 is 1.62 bits per heavy atom. The number of benzene rings is 2. The van der Waals surface area contributed by atoms with Crippen molar-refractivity contribution in [3.8, 4) is 0 Å². The average Bonchev–Trinajstić information content (AvgIpc) is 2.65. The molecule has 0 heterocycles. The summed E-state index contributed by atoms with van der Waals surface area (Å²) in [4.78, 5) is 25.9. The van der Waals surface area contributed by atoms with Crippen LogP contribution in [0.2, 0.25) is 10.0 Å². The van der Waals surface area contributed by atoms with Crippen LogP contribution in [0.4, 0.5) is 0 Å². The Morgan fingerprint density at radius 1 is 1.07 bits per heavy atom. The van der Waals surface area contributed by atoms with Crippen molar-refractivity contribution in [2.45, 2.75) is 31.7 Å². The summed E-state index contributed by atoms with van der Waals surface area (Å²) in [5.41, 5.74) is 1.46. The van der Waals surface area contributed by atoms with Crippen LogP contribution in [0.5, 0.6) is 0 Å². The zero-order valence-electron chi connectivity index (χ0n) is 15.8. The molecule has 0 radical (unpaired) electrons. The van der Waals surface area contributed by atoms with Crippen molar-refractivity contribution in [2.75, 3.05) is 7.05 Å². The Bertz CT molecular complexity index is 859. The van der Waals surface area contributed by atoms with E-state index in [1.165, 1.54) is 11.9 Å². The van der Waals surface area contributed by atoms with E-state index in [1.807, 2.05) is 24.3 Å². The molecule has 0 aliphatic heterocycles. The molecule has 2 aromatic carbocycles. The van der Waals surface area contributed by atoms with Gasteiger partial charge in [0.2, 0.25) is 0 Å². The number of aliphatic hydroxyl groups excluding tert-OH is 2. The highest BCUT2D eigenvalue weighted by Crippen LogP contribution is 2.20. The van der Waals surface area contributed by atoms with E-state index in [2.05, 4.69) is 21.2 Å². The second kappa shape index (κ2) is 10.4. The lowest BCUT2D eigenvalue weighted by Crippen LogP contribution is -2.50. The summed E-state index contributed by atoms with van der Waals surface area (Å²) in [5, 5.41) is 23.7. The first kappa shape index (κ1) is 23.6. The monoisotopic (exact) mass is 502 g/mol. The van der Waals surface area contributed by atoms with Crippen LogP contribution in [-0.2, 0) is 16.1 Å². The number of nitrogens with one attached hydrogen (secondary N) is 1. The average molecular weight is 504 g/mol. The molecule has 2 aromatic rings. The van der Waals surface area contributed by atoms with Gasteiger partial charge < -0.3 is 20.4 Å². The van der Waals surface area contributed by atoms with Crippen molar-refractivity contribution >= 4 is 50.9 Å². The van der Waals surface area contributed by atoms with Crippen molar-refractivity contribution < 1.29 is 19.8 Å². The predicted molar refractivity (Wildman–Crippen MR) is 116 cm³/mol. The van der Waals surface area contributed by atoms with E-state index in [0.717, 1.165) is 10.0 Å². The van der Waals surface area contributed by atoms with Gasteiger partial charge in [0, 0.05) is 28.1 Å². The first-order chi connectivity index (χ1) is 13.6. The molecule has 0 unspecified atom stereocenters. The molecule has 0 spiro atoms. The highest BCUT2D eigenvalue weighted by molar-refractivity contribution is 9.10. The Balaban J connectivity index is 1.97. The van der Waals surface area contributed by atoms with Crippen LogP contribution in [0.1, 0.15) is 24.1 Å². The first-order valence-corrected chi connectivity index (χ1v) is 10.2. The van der Waals surface area contributed by atoms with Gasteiger partial charge in [0.15, 0.2) is 12.2 Å². The fraction of sp³-hybridized carbons (Fsp3) is 0.300. The minimum Gasteiger partial charge on any atom is -0.380 e. The maximum atomic E-state index is 12.4. The van der Waals surface area contributed by atoms with Crippen LogP contribution in [0.3, 0.4) is 0 Å². The number of nitrogens with zero attached hydrogens (tertiary/aromatic N) is 1. The molecule has 0 aliphatic carbocycles. The van der Waals surface area contributed by atoms with E-state index in [1.54, 1.807) is 25.1 Å². The third-order valence-electron chi connectivity index (χ3n) is 4.27. The normalized spacial score (nSPS) is 14.0. The van der Waals surface area contributed by atoms with Gasteiger partial charge in [0.25, 0.3) is 11.8 Å². The molecule has 6 nitrogen and oxygen atoms in total. The maximum Gasteiger partial charge on any atom is 0.254 e. The van der Waals surface area contributed by atoms with Gasteiger partial charge in [-0.25, -0.2) is 0 Å². The molecule has 156 valence electrons. The van der Waals surface area contributed by atoms with E-state index in [9.17, 15) is 19.8 Å². The van der Waals surface area contributed by atoms with Gasteiger partial charge in [-0.2, -0.15) is 0 Å². The maximum absolute atomic E-state index is 12.4. The molecule has 0 saturated carbocycles. The number of carbonyl (C=O) groups is 2. The van der Waals surface area contributed by atoms with Gasteiger partial charge in [-0.15, -0.1) is 0 Å².